The summed E-state index contributed by atoms with van der Waals surface area (Å²) in [6, 6.07) is 6.53. The summed E-state index contributed by atoms with van der Waals surface area (Å²) in [4.78, 5) is 11.2. The third kappa shape index (κ3) is 3.95. The van der Waals surface area contributed by atoms with Crippen LogP contribution in [0.15, 0.2) is 28.7 Å². The van der Waals surface area contributed by atoms with Gasteiger partial charge >= 0.3 is 5.97 Å². The molecule has 0 radical (unpaired) electrons. The van der Waals surface area contributed by atoms with Gasteiger partial charge in [0.15, 0.2) is 5.76 Å². The Morgan fingerprint density at radius 3 is 2.61 bits per heavy atom. The van der Waals surface area contributed by atoms with E-state index in [1.165, 1.54) is 7.11 Å². The summed E-state index contributed by atoms with van der Waals surface area (Å²) in [5, 5.41) is 10.2. The van der Waals surface area contributed by atoms with Gasteiger partial charge in [-0.1, -0.05) is 12.1 Å². The molecule has 0 bridgehead atoms. The number of benzene rings is 1. The fraction of sp³-hybridized carbons (Fsp3) is 0.214. The largest absolute Gasteiger partial charge is 0.502 e. The number of hydrogen-bond acceptors (Lipinski definition) is 7. The SMILES string of the molecule is COc1cccc(-c2oc(NS(C)(=O)=O)c(OC(C)=O)c2O)c1. The monoisotopic (exact) mass is 341 g/mol. The Balaban J connectivity index is 2.58. The van der Waals surface area contributed by atoms with Gasteiger partial charge in [0.05, 0.1) is 13.4 Å². The molecular formula is C14H15NO7S. The van der Waals surface area contributed by atoms with Gasteiger partial charge in [-0.2, -0.15) is 0 Å². The van der Waals surface area contributed by atoms with Crippen LogP contribution in [0.2, 0.25) is 0 Å². The second-order valence-corrected chi connectivity index (χ2v) is 6.39. The van der Waals surface area contributed by atoms with Crippen LogP contribution in [0.3, 0.4) is 0 Å². The minimum absolute atomic E-state index is 0.0636. The van der Waals surface area contributed by atoms with Crippen molar-refractivity contribution in [3.8, 4) is 28.6 Å². The number of carbonyl (C=O) groups is 1. The summed E-state index contributed by atoms with van der Waals surface area (Å²) < 4.78 is 40.1. The molecule has 2 rings (SSSR count). The lowest BCUT2D eigenvalue weighted by atomic mass is 10.1. The highest BCUT2D eigenvalue weighted by Gasteiger charge is 2.26. The number of anilines is 1. The van der Waals surface area contributed by atoms with E-state index in [9.17, 15) is 18.3 Å². The molecule has 9 heteroatoms. The van der Waals surface area contributed by atoms with Gasteiger partial charge in [-0.25, -0.2) is 8.42 Å². The van der Waals surface area contributed by atoms with Gasteiger partial charge in [0, 0.05) is 12.5 Å². The van der Waals surface area contributed by atoms with Crippen molar-refractivity contribution in [2.75, 3.05) is 18.1 Å². The molecule has 0 fully saturated rings. The molecule has 0 spiro atoms. The van der Waals surface area contributed by atoms with Gasteiger partial charge in [0.2, 0.25) is 21.5 Å². The summed E-state index contributed by atoms with van der Waals surface area (Å²) in [5.74, 6) is -1.59. The van der Waals surface area contributed by atoms with Crippen molar-refractivity contribution in [3.63, 3.8) is 0 Å². The van der Waals surface area contributed by atoms with Gasteiger partial charge in [0.25, 0.3) is 5.88 Å². The smallest absolute Gasteiger partial charge is 0.308 e. The maximum atomic E-state index is 11.4. The number of esters is 1. The van der Waals surface area contributed by atoms with E-state index in [0.29, 0.717) is 11.3 Å². The Morgan fingerprint density at radius 2 is 2.04 bits per heavy atom. The second kappa shape index (κ2) is 6.21. The van der Waals surface area contributed by atoms with Crippen LogP contribution >= 0.6 is 0 Å². The number of hydrogen-bond donors (Lipinski definition) is 2. The molecule has 8 nitrogen and oxygen atoms in total. The summed E-state index contributed by atoms with van der Waals surface area (Å²) >= 11 is 0. The molecule has 0 saturated carbocycles. The van der Waals surface area contributed by atoms with E-state index >= 15 is 0 Å². The zero-order valence-corrected chi connectivity index (χ0v) is 13.4. The lowest BCUT2D eigenvalue weighted by molar-refractivity contribution is -0.131. The molecule has 0 aliphatic rings. The van der Waals surface area contributed by atoms with Crippen LogP contribution in [-0.4, -0.2) is 32.9 Å². The van der Waals surface area contributed by atoms with Gasteiger partial charge in [-0.3, -0.25) is 9.52 Å². The van der Waals surface area contributed by atoms with Crippen LogP contribution in [0.4, 0.5) is 5.88 Å². The van der Waals surface area contributed by atoms with E-state index in [2.05, 4.69) is 4.72 Å². The molecule has 1 aromatic carbocycles. The number of sulfonamides is 1. The lowest BCUT2D eigenvalue weighted by Crippen LogP contribution is -2.11. The predicted octanol–water partition coefficient (Wildman–Crippen LogP) is 1.96. The summed E-state index contributed by atoms with van der Waals surface area (Å²) in [6.45, 7) is 1.11. The fourth-order valence-electron chi connectivity index (χ4n) is 1.84. The normalized spacial score (nSPS) is 11.1. The molecule has 23 heavy (non-hydrogen) atoms. The van der Waals surface area contributed by atoms with Crippen LogP contribution < -0.4 is 14.2 Å². The molecule has 0 saturated heterocycles. The first-order chi connectivity index (χ1) is 10.7. The highest BCUT2D eigenvalue weighted by Crippen LogP contribution is 2.46. The minimum Gasteiger partial charge on any atom is -0.502 e. The van der Waals surface area contributed by atoms with E-state index < -0.39 is 33.4 Å². The second-order valence-electron chi connectivity index (χ2n) is 4.64. The molecule has 0 amide bonds. The van der Waals surface area contributed by atoms with E-state index in [1.807, 2.05) is 0 Å². The molecule has 1 heterocycles. The Hall–Kier alpha value is -2.68. The van der Waals surface area contributed by atoms with E-state index in [0.717, 1.165) is 13.2 Å². The molecule has 0 unspecified atom stereocenters. The van der Waals surface area contributed by atoms with Crippen molar-refractivity contribution in [1.82, 2.24) is 0 Å². The molecule has 0 aliphatic carbocycles. The summed E-state index contributed by atoms with van der Waals surface area (Å²) in [5.41, 5.74) is 0.414. The zero-order valence-electron chi connectivity index (χ0n) is 12.6. The number of furan rings is 1. The van der Waals surface area contributed by atoms with E-state index in [-0.39, 0.29) is 5.76 Å². The summed E-state index contributed by atoms with van der Waals surface area (Å²) in [7, 11) is -2.23. The lowest BCUT2D eigenvalue weighted by Gasteiger charge is -2.02. The number of aromatic hydroxyl groups is 1. The molecule has 2 N–H and O–H groups in total. The van der Waals surface area contributed by atoms with Crippen LogP contribution in [0.5, 0.6) is 17.2 Å². The van der Waals surface area contributed by atoms with Crippen molar-refractivity contribution >= 4 is 21.9 Å². The van der Waals surface area contributed by atoms with Crippen LogP contribution in [0, 0.1) is 0 Å². The Morgan fingerprint density at radius 1 is 1.35 bits per heavy atom. The first kappa shape index (κ1) is 16.7. The Kier molecular flexibility index (Phi) is 4.50. The van der Waals surface area contributed by atoms with Crippen molar-refractivity contribution in [3.05, 3.63) is 24.3 Å². The van der Waals surface area contributed by atoms with Crippen LogP contribution in [0.25, 0.3) is 11.3 Å². The Bertz CT molecular complexity index is 839. The molecule has 0 atom stereocenters. The number of carbonyl (C=O) groups excluding carboxylic acids is 1. The molecule has 1 aromatic heterocycles. The molecular weight excluding hydrogens is 326 g/mol. The van der Waals surface area contributed by atoms with Crippen molar-refractivity contribution in [1.29, 1.82) is 0 Å². The highest BCUT2D eigenvalue weighted by molar-refractivity contribution is 7.92. The number of methoxy groups -OCH3 is 1. The fourth-order valence-corrected chi connectivity index (χ4v) is 2.31. The van der Waals surface area contributed by atoms with Gasteiger partial charge in [-0.15, -0.1) is 0 Å². The number of ether oxygens (including phenoxy) is 2. The molecule has 0 aliphatic heterocycles. The topological polar surface area (TPSA) is 115 Å². The average Bonchev–Trinajstić information content (AvgIpc) is 2.74. The van der Waals surface area contributed by atoms with Gasteiger partial charge in [-0.05, 0) is 12.1 Å². The molecule has 124 valence electrons. The van der Waals surface area contributed by atoms with Gasteiger partial charge in [0.1, 0.15) is 5.75 Å². The van der Waals surface area contributed by atoms with Crippen LogP contribution in [-0.2, 0) is 14.8 Å². The van der Waals surface area contributed by atoms with E-state index in [1.54, 1.807) is 24.3 Å². The quantitative estimate of drug-likeness (QED) is 0.799. The summed E-state index contributed by atoms with van der Waals surface area (Å²) in [6.07, 6.45) is 0.898. The van der Waals surface area contributed by atoms with E-state index in [4.69, 9.17) is 13.9 Å². The first-order valence-electron chi connectivity index (χ1n) is 6.37. The van der Waals surface area contributed by atoms with Crippen molar-refractivity contribution < 1.29 is 32.2 Å². The maximum Gasteiger partial charge on any atom is 0.308 e. The first-order valence-corrected chi connectivity index (χ1v) is 8.27. The standard InChI is InChI=1S/C14H15NO7S/c1-8(16)21-13-11(17)12(22-14(13)15-23(3,18)19)9-5-4-6-10(7-9)20-2/h4-7,15,17H,1-3H3. The van der Waals surface area contributed by atoms with Gasteiger partial charge < -0.3 is 19.0 Å². The highest BCUT2D eigenvalue weighted by atomic mass is 32.2. The zero-order chi connectivity index (χ0) is 17.2. The molecule has 2 aromatic rings. The maximum absolute atomic E-state index is 11.4. The third-order valence-corrected chi connectivity index (χ3v) is 3.25. The number of rotatable bonds is 5. The predicted molar refractivity (Wildman–Crippen MR) is 82.1 cm³/mol. The average molecular weight is 341 g/mol. The van der Waals surface area contributed by atoms with Crippen LogP contribution in [0.1, 0.15) is 6.92 Å². The minimum atomic E-state index is -3.70. The number of nitrogens with one attached hydrogen (secondary N) is 1. The van der Waals surface area contributed by atoms with Crippen molar-refractivity contribution in [2.24, 2.45) is 0 Å². The van der Waals surface area contributed by atoms with Crippen molar-refractivity contribution in [2.45, 2.75) is 6.92 Å². The Labute approximate surface area is 132 Å². The third-order valence-electron chi connectivity index (χ3n) is 2.70.